The Balaban J connectivity index is 2.01. The molecule has 2 atom stereocenters. The van der Waals surface area contributed by atoms with Gasteiger partial charge in [-0.2, -0.15) is 0 Å². The van der Waals surface area contributed by atoms with E-state index >= 15 is 0 Å². The molecule has 1 fully saturated rings. The Bertz CT molecular complexity index is 538. The molecule has 2 heterocycles. The molecule has 90 valence electrons. The molecule has 1 aliphatic rings. The van der Waals surface area contributed by atoms with Crippen molar-refractivity contribution >= 4 is 11.1 Å². The lowest BCUT2D eigenvalue weighted by Gasteiger charge is -2.07. The second-order valence-corrected chi connectivity index (χ2v) is 4.19. The van der Waals surface area contributed by atoms with Crippen LogP contribution in [-0.4, -0.2) is 31.3 Å². The van der Waals surface area contributed by atoms with Crippen LogP contribution in [0, 0.1) is 0 Å². The summed E-state index contributed by atoms with van der Waals surface area (Å²) in [5, 5.41) is 0. The molecule has 2 unspecified atom stereocenters. The van der Waals surface area contributed by atoms with Gasteiger partial charge in [0.1, 0.15) is 11.3 Å². The van der Waals surface area contributed by atoms with Gasteiger partial charge in [0.2, 0.25) is 5.89 Å². The summed E-state index contributed by atoms with van der Waals surface area (Å²) in [6.07, 6.45) is 0. The zero-order valence-corrected chi connectivity index (χ0v) is 9.55. The van der Waals surface area contributed by atoms with Crippen molar-refractivity contribution < 1.29 is 13.9 Å². The zero-order valence-electron chi connectivity index (χ0n) is 9.55. The highest BCUT2D eigenvalue weighted by Crippen LogP contribution is 2.28. The maximum atomic E-state index is 5.94. The minimum atomic E-state index is -0.0371. The molecular weight excluding hydrogens is 220 g/mol. The standard InChI is InChI=1S/C12H14N2O3/c1-15-7-2-3-11-10(4-7)14-12(17-11)8-5-16-6-9(8)13/h2-4,8-9H,5-6,13H2,1H3. The van der Waals surface area contributed by atoms with E-state index in [2.05, 4.69) is 4.98 Å². The molecule has 1 saturated heterocycles. The normalized spacial score (nSPS) is 24.4. The van der Waals surface area contributed by atoms with Gasteiger partial charge in [-0.25, -0.2) is 4.98 Å². The number of oxazole rings is 1. The highest BCUT2D eigenvalue weighted by Gasteiger charge is 2.30. The van der Waals surface area contributed by atoms with Crippen molar-refractivity contribution in [3.8, 4) is 5.75 Å². The van der Waals surface area contributed by atoms with Gasteiger partial charge in [-0.1, -0.05) is 0 Å². The van der Waals surface area contributed by atoms with Crippen LogP contribution in [0.1, 0.15) is 11.8 Å². The van der Waals surface area contributed by atoms with Crippen LogP contribution in [0.25, 0.3) is 11.1 Å². The van der Waals surface area contributed by atoms with E-state index in [9.17, 15) is 0 Å². The average molecular weight is 234 g/mol. The van der Waals surface area contributed by atoms with Crippen molar-refractivity contribution in [3.05, 3.63) is 24.1 Å². The minimum Gasteiger partial charge on any atom is -0.497 e. The van der Waals surface area contributed by atoms with E-state index < -0.39 is 0 Å². The Morgan fingerprint density at radius 1 is 1.41 bits per heavy atom. The molecule has 2 aromatic rings. The van der Waals surface area contributed by atoms with Crippen molar-refractivity contribution in [2.45, 2.75) is 12.0 Å². The topological polar surface area (TPSA) is 70.5 Å². The molecule has 17 heavy (non-hydrogen) atoms. The quantitative estimate of drug-likeness (QED) is 0.847. The third-order valence-corrected chi connectivity index (χ3v) is 3.05. The maximum absolute atomic E-state index is 5.94. The molecule has 5 nitrogen and oxygen atoms in total. The van der Waals surface area contributed by atoms with Gasteiger partial charge in [0, 0.05) is 12.1 Å². The Labute approximate surface area is 98.5 Å². The van der Waals surface area contributed by atoms with Gasteiger partial charge in [-0.3, -0.25) is 0 Å². The number of methoxy groups -OCH3 is 1. The molecule has 0 aliphatic carbocycles. The first-order chi connectivity index (χ1) is 8.28. The van der Waals surface area contributed by atoms with E-state index in [1.165, 1.54) is 0 Å². The molecule has 0 radical (unpaired) electrons. The van der Waals surface area contributed by atoms with Gasteiger partial charge in [-0.15, -0.1) is 0 Å². The van der Waals surface area contributed by atoms with Crippen molar-refractivity contribution in [2.24, 2.45) is 5.73 Å². The predicted molar refractivity (Wildman–Crippen MR) is 62.1 cm³/mol. The number of aromatic nitrogens is 1. The van der Waals surface area contributed by atoms with Gasteiger partial charge >= 0.3 is 0 Å². The third-order valence-electron chi connectivity index (χ3n) is 3.05. The molecule has 0 amide bonds. The molecule has 1 aromatic heterocycles. The van der Waals surface area contributed by atoms with E-state index in [0.29, 0.717) is 19.1 Å². The van der Waals surface area contributed by atoms with Crippen molar-refractivity contribution in [1.82, 2.24) is 4.98 Å². The highest BCUT2D eigenvalue weighted by molar-refractivity contribution is 5.74. The van der Waals surface area contributed by atoms with E-state index in [1.807, 2.05) is 18.2 Å². The molecule has 1 aromatic carbocycles. The fourth-order valence-electron chi connectivity index (χ4n) is 2.04. The van der Waals surface area contributed by atoms with Crippen LogP contribution in [0.3, 0.4) is 0 Å². The Hall–Kier alpha value is -1.59. The molecule has 3 rings (SSSR count). The zero-order chi connectivity index (χ0) is 11.8. The van der Waals surface area contributed by atoms with E-state index in [4.69, 9.17) is 19.6 Å². The van der Waals surface area contributed by atoms with Crippen LogP contribution in [0.4, 0.5) is 0 Å². The van der Waals surface area contributed by atoms with Gasteiger partial charge < -0.3 is 19.6 Å². The molecule has 5 heteroatoms. The van der Waals surface area contributed by atoms with Crippen molar-refractivity contribution in [3.63, 3.8) is 0 Å². The average Bonchev–Trinajstić information content (AvgIpc) is 2.93. The first-order valence-corrected chi connectivity index (χ1v) is 5.56. The Morgan fingerprint density at radius 3 is 3.00 bits per heavy atom. The first kappa shape index (κ1) is 10.6. The van der Waals surface area contributed by atoms with Crippen LogP contribution in [0.15, 0.2) is 22.6 Å². The Kier molecular flexibility index (Phi) is 2.49. The summed E-state index contributed by atoms with van der Waals surface area (Å²) < 4.78 is 16.2. The molecule has 2 N–H and O–H groups in total. The van der Waals surface area contributed by atoms with Gasteiger partial charge in [0.15, 0.2) is 5.58 Å². The second kappa shape index (κ2) is 4.01. The third kappa shape index (κ3) is 1.77. The summed E-state index contributed by atoms with van der Waals surface area (Å²) in [4.78, 5) is 4.45. The SMILES string of the molecule is COc1ccc2oc(C3COCC3N)nc2c1. The van der Waals surface area contributed by atoms with Crippen LogP contribution in [0.5, 0.6) is 5.75 Å². The monoisotopic (exact) mass is 234 g/mol. The second-order valence-electron chi connectivity index (χ2n) is 4.19. The first-order valence-electron chi connectivity index (χ1n) is 5.56. The fourth-order valence-corrected chi connectivity index (χ4v) is 2.04. The van der Waals surface area contributed by atoms with Crippen molar-refractivity contribution in [1.29, 1.82) is 0 Å². The van der Waals surface area contributed by atoms with E-state index in [0.717, 1.165) is 16.8 Å². The number of benzene rings is 1. The van der Waals surface area contributed by atoms with Crippen LogP contribution >= 0.6 is 0 Å². The largest absolute Gasteiger partial charge is 0.497 e. The smallest absolute Gasteiger partial charge is 0.202 e. The lowest BCUT2D eigenvalue weighted by Crippen LogP contribution is -2.26. The summed E-state index contributed by atoms with van der Waals surface area (Å²) in [5.41, 5.74) is 7.48. The molecule has 0 saturated carbocycles. The Morgan fingerprint density at radius 2 is 2.29 bits per heavy atom. The van der Waals surface area contributed by atoms with Gasteiger partial charge in [0.05, 0.1) is 26.2 Å². The van der Waals surface area contributed by atoms with E-state index in [-0.39, 0.29) is 12.0 Å². The van der Waals surface area contributed by atoms with Gasteiger partial charge in [0.25, 0.3) is 0 Å². The summed E-state index contributed by atoms with van der Waals surface area (Å²) in [7, 11) is 1.63. The number of hydrogen-bond donors (Lipinski definition) is 1. The number of fused-ring (bicyclic) bond motifs is 1. The summed E-state index contributed by atoms with van der Waals surface area (Å²) in [5.74, 6) is 1.47. The fraction of sp³-hybridized carbons (Fsp3) is 0.417. The molecule has 0 spiro atoms. The number of hydrogen-bond acceptors (Lipinski definition) is 5. The lowest BCUT2D eigenvalue weighted by molar-refractivity contribution is 0.188. The van der Waals surface area contributed by atoms with Crippen LogP contribution in [-0.2, 0) is 4.74 Å². The predicted octanol–water partition coefficient (Wildman–Crippen LogP) is 1.28. The number of rotatable bonds is 2. The van der Waals surface area contributed by atoms with E-state index in [1.54, 1.807) is 7.11 Å². The van der Waals surface area contributed by atoms with Crippen molar-refractivity contribution in [2.75, 3.05) is 20.3 Å². The molecule has 1 aliphatic heterocycles. The lowest BCUT2D eigenvalue weighted by atomic mass is 10.1. The van der Waals surface area contributed by atoms with Crippen LogP contribution in [0.2, 0.25) is 0 Å². The highest BCUT2D eigenvalue weighted by atomic mass is 16.5. The number of ether oxygens (including phenoxy) is 2. The molecule has 0 bridgehead atoms. The number of nitrogens with two attached hydrogens (primary N) is 1. The summed E-state index contributed by atoms with van der Waals surface area (Å²) in [6, 6.07) is 5.52. The maximum Gasteiger partial charge on any atom is 0.202 e. The summed E-state index contributed by atoms with van der Waals surface area (Å²) in [6.45, 7) is 1.14. The minimum absolute atomic E-state index is 0.0371. The van der Waals surface area contributed by atoms with Crippen LogP contribution < -0.4 is 10.5 Å². The van der Waals surface area contributed by atoms with Gasteiger partial charge in [-0.05, 0) is 12.1 Å². The summed E-state index contributed by atoms with van der Waals surface area (Å²) >= 11 is 0. The number of nitrogens with zero attached hydrogens (tertiary/aromatic N) is 1. The molecular formula is C12H14N2O3.